The van der Waals surface area contributed by atoms with Crippen LogP contribution in [0.1, 0.15) is 10.4 Å². The molecule has 0 atom stereocenters. The lowest BCUT2D eigenvalue weighted by Gasteiger charge is -2.01. The van der Waals surface area contributed by atoms with Gasteiger partial charge in [0.1, 0.15) is 5.75 Å². The lowest BCUT2D eigenvalue weighted by Crippen LogP contribution is -2.12. The van der Waals surface area contributed by atoms with Crippen molar-refractivity contribution in [1.82, 2.24) is 0 Å². The monoisotopic (exact) mass is 206 g/mol. The molecule has 1 aromatic carbocycles. The number of aromatic hydroxyl groups is 1. The van der Waals surface area contributed by atoms with Gasteiger partial charge in [0.25, 0.3) is 0 Å². The van der Waals surface area contributed by atoms with Crippen LogP contribution in [0.2, 0.25) is 0 Å². The van der Waals surface area contributed by atoms with E-state index in [1.165, 1.54) is 24.3 Å². The average Bonchev–Trinajstić information content (AvgIpc) is 2.26. The van der Waals surface area contributed by atoms with Gasteiger partial charge in [-0.15, -0.1) is 0 Å². The lowest BCUT2D eigenvalue weighted by atomic mass is 10.1. The number of phenols is 1. The van der Waals surface area contributed by atoms with Crippen LogP contribution in [-0.4, -0.2) is 23.5 Å². The van der Waals surface area contributed by atoms with Crippen molar-refractivity contribution in [3.8, 4) is 5.75 Å². The molecule has 0 aromatic heterocycles. The predicted octanol–water partition coefficient (Wildman–Crippen LogP) is 1.30. The molecule has 0 unspecified atom stereocenters. The van der Waals surface area contributed by atoms with Gasteiger partial charge in [-0.1, -0.05) is 6.58 Å². The SMILES string of the molecule is C=CC(=O)OCC(=O)c1ccc(O)cc1. The summed E-state index contributed by atoms with van der Waals surface area (Å²) in [6.45, 7) is 2.88. The molecular formula is C11H10O4. The maximum Gasteiger partial charge on any atom is 0.330 e. The number of carbonyl (C=O) groups excluding carboxylic acids is 2. The molecule has 4 nitrogen and oxygen atoms in total. The zero-order valence-electron chi connectivity index (χ0n) is 7.97. The minimum atomic E-state index is -0.637. The molecular weight excluding hydrogens is 196 g/mol. The van der Waals surface area contributed by atoms with E-state index < -0.39 is 5.97 Å². The first kappa shape index (κ1) is 11.0. The summed E-state index contributed by atoms with van der Waals surface area (Å²) in [5.74, 6) is -0.887. The maximum absolute atomic E-state index is 11.4. The van der Waals surface area contributed by atoms with E-state index in [0.717, 1.165) is 6.08 Å². The second-order valence-corrected chi connectivity index (χ2v) is 2.78. The number of ether oxygens (including phenoxy) is 1. The van der Waals surface area contributed by atoms with Crippen LogP contribution in [0.15, 0.2) is 36.9 Å². The molecule has 0 aliphatic heterocycles. The molecule has 15 heavy (non-hydrogen) atoms. The molecule has 0 aliphatic rings. The Morgan fingerprint density at radius 2 is 1.93 bits per heavy atom. The van der Waals surface area contributed by atoms with Crippen LogP contribution >= 0.6 is 0 Å². The number of benzene rings is 1. The highest BCUT2D eigenvalue weighted by atomic mass is 16.5. The van der Waals surface area contributed by atoms with E-state index in [4.69, 9.17) is 5.11 Å². The second-order valence-electron chi connectivity index (χ2n) is 2.78. The van der Waals surface area contributed by atoms with Crippen LogP contribution in [0.25, 0.3) is 0 Å². The molecule has 0 spiro atoms. The van der Waals surface area contributed by atoms with Gasteiger partial charge in [0.2, 0.25) is 0 Å². The van der Waals surface area contributed by atoms with Crippen LogP contribution in [0.5, 0.6) is 5.75 Å². The van der Waals surface area contributed by atoms with E-state index in [-0.39, 0.29) is 18.1 Å². The first-order valence-corrected chi connectivity index (χ1v) is 4.25. The lowest BCUT2D eigenvalue weighted by molar-refractivity contribution is -0.136. The normalized spacial score (nSPS) is 9.33. The van der Waals surface area contributed by atoms with Gasteiger partial charge in [0.15, 0.2) is 12.4 Å². The minimum Gasteiger partial charge on any atom is -0.508 e. The number of phenolic OH excluding ortho intramolecular Hbond substituents is 1. The van der Waals surface area contributed by atoms with Gasteiger partial charge in [0, 0.05) is 11.6 Å². The molecule has 0 bridgehead atoms. The maximum atomic E-state index is 11.4. The van der Waals surface area contributed by atoms with E-state index >= 15 is 0 Å². The van der Waals surface area contributed by atoms with Crippen molar-refractivity contribution in [3.63, 3.8) is 0 Å². The molecule has 0 saturated carbocycles. The molecule has 0 amide bonds. The first-order valence-electron chi connectivity index (χ1n) is 4.25. The zero-order chi connectivity index (χ0) is 11.3. The van der Waals surface area contributed by atoms with Crippen LogP contribution in [-0.2, 0) is 9.53 Å². The molecule has 0 saturated heterocycles. The molecule has 1 rings (SSSR count). The van der Waals surface area contributed by atoms with E-state index in [9.17, 15) is 9.59 Å². The minimum absolute atomic E-state index is 0.0784. The molecule has 0 radical (unpaired) electrons. The first-order chi connectivity index (χ1) is 7.13. The fourth-order valence-corrected chi connectivity index (χ4v) is 0.926. The Bertz CT molecular complexity index is 378. The van der Waals surface area contributed by atoms with Gasteiger partial charge in [-0.2, -0.15) is 0 Å². The molecule has 4 heteroatoms. The van der Waals surface area contributed by atoms with Gasteiger partial charge < -0.3 is 9.84 Å². The summed E-state index contributed by atoms with van der Waals surface area (Å²) in [6.07, 6.45) is 0.990. The highest BCUT2D eigenvalue weighted by Crippen LogP contribution is 2.10. The number of Topliss-reactive ketones (excluding diaryl/α,β-unsaturated/α-hetero) is 1. The Balaban J connectivity index is 2.57. The van der Waals surface area contributed by atoms with Crippen molar-refractivity contribution in [3.05, 3.63) is 42.5 Å². The van der Waals surface area contributed by atoms with Crippen molar-refractivity contribution in [2.45, 2.75) is 0 Å². The largest absolute Gasteiger partial charge is 0.508 e. The molecule has 0 aliphatic carbocycles. The Morgan fingerprint density at radius 1 is 1.33 bits per heavy atom. The van der Waals surface area contributed by atoms with Crippen molar-refractivity contribution < 1.29 is 19.4 Å². The van der Waals surface area contributed by atoms with E-state index in [2.05, 4.69) is 11.3 Å². The Labute approximate surface area is 86.8 Å². The average molecular weight is 206 g/mol. The Morgan fingerprint density at radius 3 is 2.47 bits per heavy atom. The van der Waals surface area contributed by atoms with Gasteiger partial charge in [0.05, 0.1) is 0 Å². The summed E-state index contributed by atoms with van der Waals surface area (Å²) in [6, 6.07) is 5.70. The zero-order valence-corrected chi connectivity index (χ0v) is 7.97. The topological polar surface area (TPSA) is 63.6 Å². The Hall–Kier alpha value is -2.10. The summed E-state index contributed by atoms with van der Waals surface area (Å²) >= 11 is 0. The molecule has 0 fully saturated rings. The molecule has 1 N–H and O–H groups in total. The standard InChI is InChI=1S/C11H10O4/c1-2-11(14)15-7-10(13)8-3-5-9(12)6-4-8/h2-6,12H,1,7H2. The number of esters is 1. The van der Waals surface area contributed by atoms with Crippen molar-refractivity contribution in [2.24, 2.45) is 0 Å². The van der Waals surface area contributed by atoms with Crippen molar-refractivity contribution in [1.29, 1.82) is 0 Å². The summed E-state index contributed by atoms with van der Waals surface area (Å²) in [7, 11) is 0. The third kappa shape index (κ3) is 3.27. The quantitative estimate of drug-likeness (QED) is 0.458. The van der Waals surface area contributed by atoms with Crippen molar-refractivity contribution in [2.75, 3.05) is 6.61 Å². The summed E-state index contributed by atoms with van der Waals surface area (Å²) < 4.78 is 4.57. The van der Waals surface area contributed by atoms with Crippen LogP contribution < -0.4 is 0 Å². The van der Waals surface area contributed by atoms with E-state index in [0.29, 0.717) is 5.56 Å². The number of rotatable bonds is 4. The van der Waals surface area contributed by atoms with E-state index in [1.54, 1.807) is 0 Å². The second kappa shape index (κ2) is 4.95. The summed E-state index contributed by atoms with van der Waals surface area (Å²) in [4.78, 5) is 22.1. The number of ketones is 1. The third-order valence-corrected chi connectivity index (χ3v) is 1.70. The van der Waals surface area contributed by atoms with Gasteiger partial charge in [-0.3, -0.25) is 4.79 Å². The smallest absolute Gasteiger partial charge is 0.330 e. The van der Waals surface area contributed by atoms with Gasteiger partial charge >= 0.3 is 5.97 Å². The highest BCUT2D eigenvalue weighted by molar-refractivity contribution is 5.98. The van der Waals surface area contributed by atoms with Crippen LogP contribution in [0, 0.1) is 0 Å². The van der Waals surface area contributed by atoms with Crippen molar-refractivity contribution >= 4 is 11.8 Å². The number of carbonyl (C=O) groups is 2. The van der Waals surface area contributed by atoms with Crippen LogP contribution in [0.3, 0.4) is 0 Å². The number of hydrogen-bond donors (Lipinski definition) is 1. The highest BCUT2D eigenvalue weighted by Gasteiger charge is 2.07. The fraction of sp³-hybridized carbons (Fsp3) is 0.0909. The van der Waals surface area contributed by atoms with E-state index in [1.807, 2.05) is 0 Å². The molecule has 78 valence electrons. The van der Waals surface area contributed by atoms with Gasteiger partial charge in [-0.25, -0.2) is 4.79 Å². The number of hydrogen-bond acceptors (Lipinski definition) is 4. The van der Waals surface area contributed by atoms with Gasteiger partial charge in [-0.05, 0) is 24.3 Å². The summed E-state index contributed by atoms with van der Waals surface area (Å²) in [5, 5.41) is 8.98. The fourth-order valence-electron chi connectivity index (χ4n) is 0.926. The molecule has 1 aromatic rings. The predicted molar refractivity (Wildman–Crippen MR) is 53.6 cm³/mol. The molecule has 0 heterocycles. The summed E-state index contributed by atoms with van der Waals surface area (Å²) in [5.41, 5.74) is 0.379. The third-order valence-electron chi connectivity index (χ3n) is 1.70. The van der Waals surface area contributed by atoms with Crippen LogP contribution in [0.4, 0.5) is 0 Å². The Kier molecular flexibility index (Phi) is 3.62.